The maximum Gasteiger partial charge on any atom is 0.416 e. The van der Waals surface area contributed by atoms with Gasteiger partial charge in [-0.25, -0.2) is 0 Å². The summed E-state index contributed by atoms with van der Waals surface area (Å²) >= 11 is 0. The Hall–Kier alpha value is -1.11. The molecule has 0 radical (unpaired) electrons. The molecule has 1 aliphatic heterocycles. The minimum absolute atomic E-state index is 0.0646. The van der Waals surface area contributed by atoms with Crippen LogP contribution in [0.2, 0.25) is 0 Å². The van der Waals surface area contributed by atoms with Crippen LogP contribution in [0.3, 0.4) is 0 Å². The van der Waals surface area contributed by atoms with Gasteiger partial charge in [0.05, 0.1) is 11.7 Å². The summed E-state index contributed by atoms with van der Waals surface area (Å²) in [5.41, 5.74) is 6.03. The van der Waals surface area contributed by atoms with E-state index in [9.17, 15) is 13.2 Å². The summed E-state index contributed by atoms with van der Waals surface area (Å²) in [6.45, 7) is 2.03. The highest BCUT2D eigenvalue weighted by Crippen LogP contribution is 2.31. The number of methoxy groups -OCH3 is 1. The number of benzene rings is 1. The van der Waals surface area contributed by atoms with Crippen molar-refractivity contribution in [3.05, 3.63) is 35.4 Å². The molecule has 1 saturated heterocycles. The predicted molar refractivity (Wildman–Crippen MR) is 74.8 cm³/mol. The smallest absolute Gasteiger partial charge is 0.380 e. The van der Waals surface area contributed by atoms with Gasteiger partial charge in [0.25, 0.3) is 0 Å². The lowest BCUT2D eigenvalue weighted by molar-refractivity contribution is -0.137. The van der Waals surface area contributed by atoms with Crippen molar-refractivity contribution < 1.29 is 17.9 Å². The van der Waals surface area contributed by atoms with Gasteiger partial charge in [-0.05, 0) is 37.1 Å². The van der Waals surface area contributed by atoms with E-state index in [0.29, 0.717) is 6.54 Å². The third kappa shape index (κ3) is 3.96. The molecule has 1 aromatic carbocycles. The van der Waals surface area contributed by atoms with Gasteiger partial charge in [-0.15, -0.1) is 0 Å². The zero-order valence-electron chi connectivity index (χ0n) is 12.1. The molecule has 0 saturated carbocycles. The third-order valence-electron chi connectivity index (χ3n) is 4.03. The summed E-state index contributed by atoms with van der Waals surface area (Å²) in [6.07, 6.45) is -2.11. The van der Waals surface area contributed by atoms with Crippen molar-refractivity contribution in [3.63, 3.8) is 0 Å². The second-order valence-electron chi connectivity index (χ2n) is 5.37. The summed E-state index contributed by atoms with van der Waals surface area (Å²) in [4.78, 5) is 2.19. The molecule has 0 aliphatic carbocycles. The molecule has 1 aromatic rings. The number of hydrogen-bond donors (Lipinski definition) is 1. The normalized spacial score (nSPS) is 22.2. The standard InChI is InChI=1S/C15H21F3N2O/c1-21-13-3-2-8-20(10-13)14(9-19)11-4-6-12(7-5-11)15(16,17)18/h4-7,13-14H,2-3,8-10,19H2,1H3. The zero-order valence-corrected chi connectivity index (χ0v) is 12.1. The number of ether oxygens (including phenoxy) is 1. The topological polar surface area (TPSA) is 38.5 Å². The van der Waals surface area contributed by atoms with E-state index in [1.165, 1.54) is 12.1 Å². The Bertz CT molecular complexity index is 447. The number of alkyl halides is 3. The number of rotatable bonds is 4. The van der Waals surface area contributed by atoms with Crippen LogP contribution in [0.15, 0.2) is 24.3 Å². The summed E-state index contributed by atoms with van der Waals surface area (Å²) in [5, 5.41) is 0. The molecule has 21 heavy (non-hydrogen) atoms. The SMILES string of the molecule is COC1CCCN(C(CN)c2ccc(C(F)(F)F)cc2)C1. The Kier molecular flexibility index (Phi) is 5.24. The van der Waals surface area contributed by atoms with Crippen molar-refractivity contribution >= 4 is 0 Å². The molecule has 2 N–H and O–H groups in total. The first kappa shape index (κ1) is 16.3. The van der Waals surface area contributed by atoms with E-state index >= 15 is 0 Å². The van der Waals surface area contributed by atoms with E-state index in [1.807, 2.05) is 0 Å². The lowest BCUT2D eigenvalue weighted by Gasteiger charge is -2.37. The van der Waals surface area contributed by atoms with Gasteiger partial charge in [0.2, 0.25) is 0 Å². The Labute approximate surface area is 122 Å². The number of nitrogens with zero attached hydrogens (tertiary/aromatic N) is 1. The van der Waals surface area contributed by atoms with Gasteiger partial charge in [0.1, 0.15) is 0 Å². The largest absolute Gasteiger partial charge is 0.416 e. The molecular weight excluding hydrogens is 281 g/mol. The van der Waals surface area contributed by atoms with Crippen molar-refractivity contribution in [2.75, 3.05) is 26.7 Å². The number of piperidine rings is 1. The summed E-state index contributed by atoms with van der Waals surface area (Å²) in [5.74, 6) is 0. The molecule has 3 nitrogen and oxygen atoms in total. The van der Waals surface area contributed by atoms with Gasteiger partial charge in [0, 0.05) is 26.2 Å². The Morgan fingerprint density at radius 2 is 2.00 bits per heavy atom. The third-order valence-corrected chi connectivity index (χ3v) is 4.03. The Balaban J connectivity index is 2.13. The molecule has 0 bridgehead atoms. The fourth-order valence-corrected chi connectivity index (χ4v) is 2.83. The average Bonchev–Trinajstić information content (AvgIpc) is 2.48. The van der Waals surface area contributed by atoms with Crippen LogP contribution in [-0.4, -0.2) is 37.7 Å². The molecular formula is C15H21F3N2O. The molecule has 118 valence electrons. The van der Waals surface area contributed by atoms with Crippen LogP contribution >= 0.6 is 0 Å². The van der Waals surface area contributed by atoms with Gasteiger partial charge in [-0.2, -0.15) is 13.2 Å². The van der Waals surface area contributed by atoms with Crippen LogP contribution in [-0.2, 0) is 10.9 Å². The molecule has 0 aromatic heterocycles. The first-order valence-electron chi connectivity index (χ1n) is 7.09. The Morgan fingerprint density at radius 1 is 1.33 bits per heavy atom. The van der Waals surface area contributed by atoms with E-state index in [0.717, 1.165) is 43.6 Å². The van der Waals surface area contributed by atoms with Crippen LogP contribution in [0.1, 0.15) is 30.0 Å². The number of halogens is 3. The molecule has 1 heterocycles. The van der Waals surface area contributed by atoms with Crippen LogP contribution in [0.25, 0.3) is 0 Å². The molecule has 6 heteroatoms. The van der Waals surface area contributed by atoms with E-state index in [4.69, 9.17) is 10.5 Å². The van der Waals surface area contributed by atoms with Crippen LogP contribution in [0, 0.1) is 0 Å². The lowest BCUT2D eigenvalue weighted by Crippen LogP contribution is -2.43. The van der Waals surface area contributed by atoms with Crippen molar-refractivity contribution in [2.45, 2.75) is 31.2 Å². The molecule has 1 aliphatic rings. The number of hydrogen-bond acceptors (Lipinski definition) is 3. The number of likely N-dealkylation sites (tertiary alicyclic amines) is 1. The second-order valence-corrected chi connectivity index (χ2v) is 5.37. The summed E-state index contributed by atoms with van der Waals surface area (Å²) in [7, 11) is 1.68. The van der Waals surface area contributed by atoms with Gasteiger partial charge in [0.15, 0.2) is 0 Å². The minimum Gasteiger partial charge on any atom is -0.380 e. The maximum absolute atomic E-state index is 12.6. The van der Waals surface area contributed by atoms with Crippen LogP contribution in [0.5, 0.6) is 0 Å². The van der Waals surface area contributed by atoms with Crippen molar-refractivity contribution in [3.8, 4) is 0 Å². The van der Waals surface area contributed by atoms with Crippen molar-refractivity contribution in [1.29, 1.82) is 0 Å². The molecule has 0 spiro atoms. The van der Waals surface area contributed by atoms with Crippen molar-refractivity contribution in [1.82, 2.24) is 4.90 Å². The van der Waals surface area contributed by atoms with E-state index in [2.05, 4.69) is 4.90 Å². The van der Waals surface area contributed by atoms with Crippen LogP contribution < -0.4 is 5.73 Å². The fraction of sp³-hybridized carbons (Fsp3) is 0.600. The summed E-state index contributed by atoms with van der Waals surface area (Å²) in [6, 6.07) is 5.23. The molecule has 2 atom stereocenters. The lowest BCUT2D eigenvalue weighted by atomic mass is 9.99. The maximum atomic E-state index is 12.6. The molecule has 0 amide bonds. The minimum atomic E-state index is -4.30. The van der Waals surface area contributed by atoms with E-state index in [-0.39, 0.29) is 12.1 Å². The van der Waals surface area contributed by atoms with Crippen LogP contribution in [0.4, 0.5) is 13.2 Å². The van der Waals surface area contributed by atoms with E-state index < -0.39 is 11.7 Å². The first-order valence-corrected chi connectivity index (χ1v) is 7.09. The summed E-state index contributed by atoms with van der Waals surface area (Å²) < 4.78 is 43.2. The first-order chi connectivity index (χ1) is 9.95. The molecule has 2 unspecified atom stereocenters. The highest BCUT2D eigenvalue weighted by Gasteiger charge is 2.31. The average molecular weight is 302 g/mol. The molecule has 2 rings (SSSR count). The molecule has 1 fully saturated rings. The van der Waals surface area contributed by atoms with Gasteiger partial charge >= 0.3 is 6.18 Å². The number of nitrogens with two attached hydrogens (primary N) is 1. The predicted octanol–water partition coefficient (Wildman–Crippen LogP) is 2.82. The van der Waals surface area contributed by atoms with Gasteiger partial charge < -0.3 is 10.5 Å². The van der Waals surface area contributed by atoms with E-state index in [1.54, 1.807) is 7.11 Å². The Morgan fingerprint density at radius 3 is 2.52 bits per heavy atom. The highest BCUT2D eigenvalue weighted by molar-refractivity contribution is 5.27. The highest BCUT2D eigenvalue weighted by atomic mass is 19.4. The second kappa shape index (κ2) is 6.77. The zero-order chi connectivity index (χ0) is 15.5. The van der Waals surface area contributed by atoms with Gasteiger partial charge in [-0.3, -0.25) is 4.90 Å². The fourth-order valence-electron chi connectivity index (χ4n) is 2.83. The van der Waals surface area contributed by atoms with Crippen molar-refractivity contribution in [2.24, 2.45) is 5.73 Å². The van der Waals surface area contributed by atoms with Gasteiger partial charge in [-0.1, -0.05) is 12.1 Å². The monoisotopic (exact) mass is 302 g/mol. The quantitative estimate of drug-likeness (QED) is 0.929.